The molecule has 0 unspecified atom stereocenters. The topological polar surface area (TPSA) is 23.6 Å². The Kier molecular flexibility index (Phi) is 6.27. The Morgan fingerprint density at radius 1 is 1.08 bits per heavy atom. The predicted octanol–water partition coefficient (Wildman–Crippen LogP) is 4.80. The van der Waals surface area contributed by atoms with Gasteiger partial charge in [-0.05, 0) is 42.5 Å². The van der Waals surface area contributed by atoms with Crippen molar-refractivity contribution >= 4 is 35.0 Å². The maximum absolute atomic E-state index is 13.0. The van der Waals surface area contributed by atoms with Crippen LogP contribution in [0, 0.1) is 0 Å². The molecule has 0 spiro atoms. The van der Waals surface area contributed by atoms with Crippen molar-refractivity contribution in [1.29, 1.82) is 0 Å². The summed E-state index contributed by atoms with van der Waals surface area (Å²) in [5, 5.41) is 0.748. The first kappa shape index (κ1) is 18.2. The summed E-state index contributed by atoms with van der Waals surface area (Å²) < 4.78 is 0. The van der Waals surface area contributed by atoms with Gasteiger partial charge in [-0.3, -0.25) is 4.79 Å². The van der Waals surface area contributed by atoms with Crippen LogP contribution in [0.2, 0.25) is 5.02 Å². The molecule has 3 rings (SSSR count). The number of nitrogens with zero attached hydrogens (tertiary/aromatic N) is 2. The molecule has 132 valence electrons. The fourth-order valence-electron chi connectivity index (χ4n) is 2.99. The Hall–Kier alpha value is -1.65. The fraction of sp³-hybridized carbons (Fsp3) is 0.350. The van der Waals surface area contributed by atoms with Crippen LogP contribution in [0.25, 0.3) is 0 Å². The summed E-state index contributed by atoms with van der Waals surface area (Å²) in [4.78, 5) is 18.3. The van der Waals surface area contributed by atoms with Gasteiger partial charge in [0.2, 0.25) is 0 Å². The van der Waals surface area contributed by atoms with Gasteiger partial charge < -0.3 is 9.80 Å². The van der Waals surface area contributed by atoms with Gasteiger partial charge in [-0.15, -0.1) is 11.8 Å². The van der Waals surface area contributed by atoms with Crippen LogP contribution < -0.4 is 4.90 Å². The van der Waals surface area contributed by atoms with Gasteiger partial charge in [-0.25, -0.2) is 0 Å². The van der Waals surface area contributed by atoms with Crippen LogP contribution in [0.4, 0.5) is 5.69 Å². The van der Waals surface area contributed by atoms with Crippen molar-refractivity contribution in [3.8, 4) is 0 Å². The van der Waals surface area contributed by atoms with Crippen LogP contribution in [-0.4, -0.2) is 42.7 Å². The average Bonchev–Trinajstić information content (AvgIpc) is 2.66. The number of halogens is 1. The Bertz CT molecular complexity index is 729. The van der Waals surface area contributed by atoms with Gasteiger partial charge in [0.15, 0.2) is 0 Å². The number of hydrogen-bond acceptors (Lipinski definition) is 3. The molecule has 1 aliphatic rings. The summed E-state index contributed by atoms with van der Waals surface area (Å²) in [6.07, 6.45) is 1.10. The van der Waals surface area contributed by atoms with Crippen molar-refractivity contribution in [3.63, 3.8) is 0 Å². The Morgan fingerprint density at radius 2 is 1.84 bits per heavy atom. The Labute approximate surface area is 159 Å². The molecular weight excluding hydrogens is 352 g/mol. The minimum Gasteiger partial charge on any atom is -0.368 e. The minimum absolute atomic E-state index is 0.143. The highest BCUT2D eigenvalue weighted by Gasteiger charge is 2.24. The highest BCUT2D eigenvalue weighted by Crippen LogP contribution is 2.26. The summed E-state index contributed by atoms with van der Waals surface area (Å²) >= 11 is 7.85. The first-order valence-electron chi connectivity index (χ1n) is 8.70. The zero-order valence-electron chi connectivity index (χ0n) is 14.5. The highest BCUT2D eigenvalue weighted by molar-refractivity contribution is 7.99. The van der Waals surface area contributed by atoms with Crippen LogP contribution in [0.15, 0.2) is 53.4 Å². The van der Waals surface area contributed by atoms with E-state index in [-0.39, 0.29) is 5.91 Å². The zero-order valence-corrected chi connectivity index (χ0v) is 16.0. The van der Waals surface area contributed by atoms with E-state index in [1.165, 1.54) is 0 Å². The van der Waals surface area contributed by atoms with Crippen molar-refractivity contribution in [2.24, 2.45) is 0 Å². The van der Waals surface area contributed by atoms with E-state index < -0.39 is 0 Å². The van der Waals surface area contributed by atoms with E-state index >= 15 is 0 Å². The van der Waals surface area contributed by atoms with Gasteiger partial charge in [0.05, 0.1) is 5.56 Å². The molecule has 0 atom stereocenters. The van der Waals surface area contributed by atoms with Crippen molar-refractivity contribution in [3.05, 3.63) is 59.1 Å². The number of amides is 1. The number of carbonyl (C=O) groups is 1. The van der Waals surface area contributed by atoms with Crippen molar-refractivity contribution in [2.45, 2.75) is 18.2 Å². The quantitative estimate of drug-likeness (QED) is 0.702. The number of piperazine rings is 1. The average molecular weight is 375 g/mol. The lowest BCUT2D eigenvalue weighted by atomic mass is 10.1. The SMILES string of the molecule is CCCSc1ccccc1C(=O)N1CCN(c2cccc(Cl)c2)CC1. The number of thioether (sulfide) groups is 1. The second-order valence-corrected chi connectivity index (χ2v) is 7.68. The standard InChI is InChI=1S/C20H23ClN2OS/c1-2-14-25-19-9-4-3-8-18(19)20(24)23-12-10-22(11-13-23)17-7-5-6-16(21)15-17/h3-9,15H,2,10-14H2,1H3. The monoisotopic (exact) mass is 374 g/mol. The first-order chi connectivity index (χ1) is 12.2. The molecule has 0 saturated carbocycles. The number of hydrogen-bond donors (Lipinski definition) is 0. The van der Waals surface area contributed by atoms with Gasteiger partial charge in [0.25, 0.3) is 5.91 Å². The normalized spacial score (nSPS) is 14.6. The van der Waals surface area contributed by atoms with Crippen LogP contribution >= 0.6 is 23.4 Å². The molecule has 3 nitrogen and oxygen atoms in total. The molecule has 1 fully saturated rings. The lowest BCUT2D eigenvalue weighted by molar-refractivity contribution is 0.0743. The number of benzene rings is 2. The fourth-order valence-corrected chi connectivity index (χ4v) is 4.09. The second kappa shape index (κ2) is 8.63. The number of anilines is 1. The van der Waals surface area contributed by atoms with Gasteiger partial charge in [0, 0.05) is 41.8 Å². The molecular formula is C20H23ClN2OS. The summed E-state index contributed by atoms with van der Waals surface area (Å²) in [6, 6.07) is 15.9. The first-order valence-corrected chi connectivity index (χ1v) is 10.1. The van der Waals surface area contributed by atoms with E-state index in [1.54, 1.807) is 11.8 Å². The molecule has 1 aliphatic heterocycles. The largest absolute Gasteiger partial charge is 0.368 e. The van der Waals surface area contributed by atoms with Gasteiger partial charge in [-0.2, -0.15) is 0 Å². The van der Waals surface area contributed by atoms with Gasteiger partial charge >= 0.3 is 0 Å². The van der Waals surface area contributed by atoms with E-state index in [2.05, 4.69) is 24.0 Å². The number of carbonyl (C=O) groups excluding carboxylic acids is 1. The molecule has 2 aromatic rings. The molecule has 1 saturated heterocycles. The maximum atomic E-state index is 13.0. The third-order valence-electron chi connectivity index (χ3n) is 4.32. The summed E-state index contributed by atoms with van der Waals surface area (Å²) in [7, 11) is 0. The van der Waals surface area contributed by atoms with Crippen molar-refractivity contribution in [1.82, 2.24) is 4.90 Å². The van der Waals surface area contributed by atoms with E-state index in [0.29, 0.717) is 0 Å². The molecule has 0 radical (unpaired) electrons. The van der Waals surface area contributed by atoms with Crippen molar-refractivity contribution < 1.29 is 4.79 Å². The van der Waals surface area contributed by atoms with Gasteiger partial charge in [0.1, 0.15) is 0 Å². The van der Waals surface area contributed by atoms with Crippen LogP contribution in [0.1, 0.15) is 23.7 Å². The van der Waals surface area contributed by atoms with Crippen LogP contribution in [0.3, 0.4) is 0 Å². The number of rotatable bonds is 5. The minimum atomic E-state index is 0.143. The molecule has 0 N–H and O–H groups in total. The molecule has 0 aromatic heterocycles. The molecule has 5 heteroatoms. The Morgan fingerprint density at radius 3 is 2.56 bits per heavy atom. The van der Waals surface area contributed by atoms with Gasteiger partial charge in [-0.1, -0.05) is 36.7 Å². The lowest BCUT2D eigenvalue weighted by Crippen LogP contribution is -2.48. The van der Waals surface area contributed by atoms with E-state index in [0.717, 1.165) is 59.5 Å². The third-order valence-corrected chi connectivity index (χ3v) is 5.83. The maximum Gasteiger partial charge on any atom is 0.255 e. The Balaban J connectivity index is 1.66. The molecule has 1 amide bonds. The van der Waals surface area contributed by atoms with E-state index in [9.17, 15) is 4.79 Å². The summed E-state index contributed by atoms with van der Waals surface area (Å²) in [6.45, 7) is 5.29. The molecule has 1 heterocycles. The zero-order chi connectivity index (χ0) is 17.6. The summed E-state index contributed by atoms with van der Waals surface area (Å²) in [5.74, 6) is 1.18. The second-order valence-electron chi connectivity index (χ2n) is 6.10. The van der Waals surface area contributed by atoms with Crippen LogP contribution in [-0.2, 0) is 0 Å². The summed E-state index contributed by atoms with van der Waals surface area (Å²) in [5.41, 5.74) is 1.95. The third kappa shape index (κ3) is 4.50. The van der Waals surface area contributed by atoms with E-state index in [4.69, 9.17) is 11.6 Å². The molecule has 0 bridgehead atoms. The van der Waals surface area contributed by atoms with Crippen LogP contribution in [0.5, 0.6) is 0 Å². The molecule has 25 heavy (non-hydrogen) atoms. The highest BCUT2D eigenvalue weighted by atomic mass is 35.5. The van der Waals surface area contributed by atoms with E-state index in [1.807, 2.05) is 41.3 Å². The smallest absolute Gasteiger partial charge is 0.255 e. The molecule has 0 aliphatic carbocycles. The predicted molar refractivity (Wildman–Crippen MR) is 107 cm³/mol. The van der Waals surface area contributed by atoms with Crippen molar-refractivity contribution in [2.75, 3.05) is 36.8 Å². The molecule has 2 aromatic carbocycles. The lowest BCUT2D eigenvalue weighted by Gasteiger charge is -2.36.